The number of nitrogens with one attached hydrogen (secondary N) is 2. The van der Waals surface area contributed by atoms with Crippen molar-refractivity contribution >= 4 is 57.6 Å². The molecule has 108 valence electrons. The van der Waals surface area contributed by atoms with Crippen LogP contribution in [0.1, 0.15) is 0 Å². The third kappa shape index (κ3) is 4.56. The Bertz CT molecular complexity index is 672. The molecule has 2 aromatic rings. The SMILES string of the molecule is O=[N+]([O-])c1ccc(NC(=S)Nc2cc(Cl)cc(Cl)c2)cc1. The average Bonchev–Trinajstić information content (AvgIpc) is 2.37. The van der Waals surface area contributed by atoms with Gasteiger partial charge < -0.3 is 10.6 Å². The summed E-state index contributed by atoms with van der Waals surface area (Å²) in [6.07, 6.45) is 0. The number of nitrogens with zero attached hydrogens (tertiary/aromatic N) is 1. The minimum atomic E-state index is -0.464. The molecule has 0 fully saturated rings. The predicted molar refractivity (Wildman–Crippen MR) is 89.4 cm³/mol. The number of nitro groups is 1. The molecule has 0 aromatic heterocycles. The van der Waals surface area contributed by atoms with Gasteiger partial charge in [0.15, 0.2) is 5.11 Å². The van der Waals surface area contributed by atoms with Gasteiger partial charge in [-0.2, -0.15) is 0 Å². The molecule has 2 N–H and O–H groups in total. The van der Waals surface area contributed by atoms with Crippen molar-refractivity contribution in [3.05, 3.63) is 62.6 Å². The highest BCUT2D eigenvalue weighted by atomic mass is 35.5. The van der Waals surface area contributed by atoms with Crippen molar-refractivity contribution in [2.45, 2.75) is 0 Å². The smallest absolute Gasteiger partial charge is 0.269 e. The summed E-state index contributed by atoms with van der Waals surface area (Å²) in [5.41, 5.74) is 1.29. The summed E-state index contributed by atoms with van der Waals surface area (Å²) in [6.45, 7) is 0. The highest BCUT2D eigenvalue weighted by Crippen LogP contribution is 2.23. The topological polar surface area (TPSA) is 67.2 Å². The molecule has 0 saturated heterocycles. The zero-order chi connectivity index (χ0) is 15.4. The van der Waals surface area contributed by atoms with Crippen LogP contribution in [0, 0.1) is 10.1 Å². The summed E-state index contributed by atoms with van der Waals surface area (Å²) in [5, 5.41) is 17.7. The van der Waals surface area contributed by atoms with Crippen molar-refractivity contribution < 1.29 is 4.92 Å². The molecule has 8 heteroatoms. The van der Waals surface area contributed by atoms with Crippen LogP contribution >= 0.6 is 35.4 Å². The molecule has 0 amide bonds. The van der Waals surface area contributed by atoms with Crippen molar-refractivity contribution in [2.24, 2.45) is 0 Å². The first-order valence-corrected chi connectivity index (χ1v) is 6.89. The molecule has 2 aromatic carbocycles. The number of non-ortho nitro benzene ring substituents is 1. The van der Waals surface area contributed by atoms with E-state index in [-0.39, 0.29) is 5.69 Å². The van der Waals surface area contributed by atoms with Crippen molar-refractivity contribution in [1.29, 1.82) is 0 Å². The van der Waals surface area contributed by atoms with Gasteiger partial charge in [-0.1, -0.05) is 23.2 Å². The standard InChI is InChI=1S/C13H9Cl2N3O2S/c14-8-5-9(15)7-11(6-8)17-13(21)16-10-1-3-12(4-2-10)18(19)20/h1-7H,(H2,16,17,21). The molecule has 0 aliphatic carbocycles. The molecule has 0 radical (unpaired) electrons. The van der Waals surface area contributed by atoms with Crippen LogP contribution in [0.15, 0.2) is 42.5 Å². The molecular weight excluding hydrogens is 333 g/mol. The van der Waals surface area contributed by atoms with Crippen LogP contribution in [0.3, 0.4) is 0 Å². The summed E-state index contributed by atoms with van der Waals surface area (Å²) in [5.74, 6) is 0. The van der Waals surface area contributed by atoms with E-state index >= 15 is 0 Å². The van der Waals surface area contributed by atoms with Gasteiger partial charge in [-0.05, 0) is 42.5 Å². The van der Waals surface area contributed by atoms with Gasteiger partial charge in [0.1, 0.15) is 0 Å². The second kappa shape index (κ2) is 6.71. The first kappa shape index (κ1) is 15.5. The Morgan fingerprint density at radius 2 is 1.52 bits per heavy atom. The molecule has 0 bridgehead atoms. The molecule has 0 saturated carbocycles. The number of anilines is 2. The molecule has 21 heavy (non-hydrogen) atoms. The first-order valence-electron chi connectivity index (χ1n) is 5.72. The normalized spacial score (nSPS) is 10.0. The zero-order valence-electron chi connectivity index (χ0n) is 10.5. The van der Waals surface area contributed by atoms with E-state index < -0.39 is 4.92 Å². The molecule has 2 rings (SSSR count). The number of halogens is 2. The number of rotatable bonds is 3. The van der Waals surface area contributed by atoms with Gasteiger partial charge in [0, 0.05) is 33.6 Å². The summed E-state index contributed by atoms with van der Waals surface area (Å²) in [4.78, 5) is 10.1. The Hall–Kier alpha value is -1.89. The van der Waals surface area contributed by atoms with Crippen LogP contribution < -0.4 is 10.6 Å². The predicted octanol–water partition coefficient (Wildman–Crippen LogP) is 4.71. The van der Waals surface area contributed by atoms with E-state index in [9.17, 15) is 10.1 Å². The van der Waals surface area contributed by atoms with E-state index in [1.165, 1.54) is 12.1 Å². The van der Waals surface area contributed by atoms with Crippen LogP contribution in [0.4, 0.5) is 17.1 Å². The van der Waals surface area contributed by atoms with Gasteiger partial charge in [0.2, 0.25) is 0 Å². The van der Waals surface area contributed by atoms with Crippen LogP contribution in [0.25, 0.3) is 0 Å². The molecule has 5 nitrogen and oxygen atoms in total. The molecule has 0 spiro atoms. The van der Waals surface area contributed by atoms with E-state index in [0.29, 0.717) is 26.5 Å². The van der Waals surface area contributed by atoms with E-state index in [1.54, 1.807) is 30.3 Å². The lowest BCUT2D eigenvalue weighted by atomic mass is 10.3. The molecule has 0 aliphatic rings. The van der Waals surface area contributed by atoms with Gasteiger partial charge >= 0.3 is 0 Å². The molecule has 0 unspecified atom stereocenters. The number of nitro benzene ring substituents is 1. The third-order valence-electron chi connectivity index (χ3n) is 2.46. The summed E-state index contributed by atoms with van der Waals surface area (Å²) in [6, 6.07) is 10.9. The number of hydrogen-bond acceptors (Lipinski definition) is 3. The second-order valence-corrected chi connectivity index (χ2v) is 5.32. The van der Waals surface area contributed by atoms with Gasteiger partial charge in [0.05, 0.1) is 4.92 Å². The Balaban J connectivity index is 2.02. The van der Waals surface area contributed by atoms with E-state index in [1.807, 2.05) is 0 Å². The molecular formula is C13H9Cl2N3O2S. The lowest BCUT2D eigenvalue weighted by Gasteiger charge is -2.11. The van der Waals surface area contributed by atoms with Crippen molar-refractivity contribution in [1.82, 2.24) is 0 Å². The maximum Gasteiger partial charge on any atom is 0.269 e. The van der Waals surface area contributed by atoms with Gasteiger partial charge in [-0.3, -0.25) is 10.1 Å². The maximum absolute atomic E-state index is 10.6. The molecule has 0 atom stereocenters. The second-order valence-electron chi connectivity index (χ2n) is 4.04. The Labute approximate surface area is 136 Å². The Kier molecular flexibility index (Phi) is 4.95. The highest BCUT2D eigenvalue weighted by Gasteiger charge is 2.05. The van der Waals surface area contributed by atoms with Gasteiger partial charge in [0.25, 0.3) is 5.69 Å². The number of thiocarbonyl (C=S) groups is 1. The van der Waals surface area contributed by atoms with E-state index in [0.717, 1.165) is 0 Å². The molecule has 0 aliphatic heterocycles. The maximum atomic E-state index is 10.6. The fraction of sp³-hybridized carbons (Fsp3) is 0. The Morgan fingerprint density at radius 1 is 1.00 bits per heavy atom. The monoisotopic (exact) mass is 341 g/mol. The van der Waals surface area contributed by atoms with Crippen molar-refractivity contribution in [3.63, 3.8) is 0 Å². The summed E-state index contributed by atoms with van der Waals surface area (Å²) < 4.78 is 0. The summed E-state index contributed by atoms with van der Waals surface area (Å²) in [7, 11) is 0. The van der Waals surface area contributed by atoms with Crippen LogP contribution in [0.5, 0.6) is 0 Å². The van der Waals surface area contributed by atoms with Crippen LogP contribution in [-0.2, 0) is 0 Å². The fourth-order valence-corrected chi connectivity index (χ4v) is 2.35. The van der Waals surface area contributed by atoms with Crippen molar-refractivity contribution in [2.75, 3.05) is 10.6 Å². The van der Waals surface area contributed by atoms with E-state index in [2.05, 4.69) is 10.6 Å². The Morgan fingerprint density at radius 3 is 2.05 bits per heavy atom. The minimum absolute atomic E-state index is 0.0149. The molecule has 0 heterocycles. The average molecular weight is 342 g/mol. The fourth-order valence-electron chi connectivity index (χ4n) is 1.59. The zero-order valence-corrected chi connectivity index (χ0v) is 12.8. The van der Waals surface area contributed by atoms with E-state index in [4.69, 9.17) is 35.4 Å². The van der Waals surface area contributed by atoms with Gasteiger partial charge in [-0.25, -0.2) is 0 Å². The first-order chi connectivity index (χ1) is 9.94. The summed E-state index contributed by atoms with van der Waals surface area (Å²) >= 11 is 16.9. The van der Waals surface area contributed by atoms with Crippen LogP contribution in [-0.4, -0.2) is 10.0 Å². The number of hydrogen-bond donors (Lipinski definition) is 2. The number of benzene rings is 2. The van der Waals surface area contributed by atoms with Crippen LogP contribution in [0.2, 0.25) is 10.0 Å². The van der Waals surface area contributed by atoms with Gasteiger partial charge in [-0.15, -0.1) is 0 Å². The van der Waals surface area contributed by atoms with Crippen molar-refractivity contribution in [3.8, 4) is 0 Å². The lowest BCUT2D eigenvalue weighted by Crippen LogP contribution is -2.18. The highest BCUT2D eigenvalue weighted by molar-refractivity contribution is 7.80. The lowest BCUT2D eigenvalue weighted by molar-refractivity contribution is -0.384. The quantitative estimate of drug-likeness (QED) is 0.480. The minimum Gasteiger partial charge on any atom is -0.332 e. The third-order valence-corrected chi connectivity index (χ3v) is 3.10. The largest absolute Gasteiger partial charge is 0.332 e.